The molecule has 0 aromatic heterocycles. The molecule has 2 rings (SSSR count). The van der Waals surface area contributed by atoms with Gasteiger partial charge in [0.25, 0.3) is 0 Å². The first-order valence-electron chi connectivity index (χ1n) is 7.26. The molecule has 0 radical (unpaired) electrons. The number of hydrogen-bond acceptors (Lipinski definition) is 5. The van der Waals surface area contributed by atoms with Crippen LogP contribution in [0.15, 0.2) is 11.3 Å². The maximum atomic E-state index is 12.4. The number of rotatable bonds is 4. The second kappa shape index (κ2) is 5.04. The second-order valence-corrected chi connectivity index (χ2v) is 8.45. The summed E-state index contributed by atoms with van der Waals surface area (Å²) in [6.07, 6.45) is 1.69. The van der Waals surface area contributed by atoms with Gasteiger partial charge in [-0.1, -0.05) is 34.6 Å². The summed E-state index contributed by atoms with van der Waals surface area (Å²) < 4.78 is 5.17. The summed E-state index contributed by atoms with van der Waals surface area (Å²) in [4.78, 5) is 24.4. The highest BCUT2D eigenvalue weighted by molar-refractivity contribution is 7.99. The number of carbonyl (C=O) groups is 2. The third-order valence-electron chi connectivity index (χ3n) is 5.49. The molecule has 2 fully saturated rings. The van der Waals surface area contributed by atoms with Gasteiger partial charge in [0.1, 0.15) is 11.3 Å². The molecule has 0 aromatic carbocycles. The zero-order valence-electron chi connectivity index (χ0n) is 13.5. The quantitative estimate of drug-likeness (QED) is 0.374. The van der Waals surface area contributed by atoms with E-state index in [1.165, 1.54) is 0 Å². The fourth-order valence-electron chi connectivity index (χ4n) is 3.31. The molecule has 1 saturated heterocycles. The molecule has 1 aliphatic carbocycles. The van der Waals surface area contributed by atoms with Gasteiger partial charge < -0.3 is 9.84 Å². The van der Waals surface area contributed by atoms with E-state index in [9.17, 15) is 14.7 Å². The van der Waals surface area contributed by atoms with E-state index in [1.807, 2.05) is 40.9 Å². The normalized spacial score (nSPS) is 31.0. The van der Waals surface area contributed by atoms with Crippen LogP contribution in [0.1, 0.15) is 41.0 Å². The van der Waals surface area contributed by atoms with Gasteiger partial charge >= 0.3 is 5.97 Å². The van der Waals surface area contributed by atoms with Gasteiger partial charge in [-0.3, -0.25) is 4.79 Å². The van der Waals surface area contributed by atoms with Crippen LogP contribution in [0.3, 0.4) is 0 Å². The number of aliphatic hydroxyl groups excluding tert-OH is 1. The van der Waals surface area contributed by atoms with Crippen molar-refractivity contribution in [1.29, 1.82) is 0 Å². The average Bonchev–Trinajstić information content (AvgIpc) is 2.60. The van der Waals surface area contributed by atoms with Gasteiger partial charge in [-0.15, -0.1) is 0 Å². The first kappa shape index (κ1) is 16.4. The zero-order valence-corrected chi connectivity index (χ0v) is 14.3. The number of hydrogen-bond donors (Lipinski definition) is 1. The molecule has 2 atom stereocenters. The number of carbonyl (C=O) groups excluding carboxylic acids is 2. The molecule has 1 N–H and O–H groups in total. The summed E-state index contributed by atoms with van der Waals surface area (Å²) in [5.41, 5.74) is -0.387. The van der Waals surface area contributed by atoms with Gasteiger partial charge in [-0.05, 0) is 17.1 Å². The maximum absolute atomic E-state index is 12.4. The van der Waals surface area contributed by atoms with Crippen molar-refractivity contribution in [2.24, 2.45) is 16.7 Å². The van der Waals surface area contributed by atoms with E-state index in [0.717, 1.165) is 0 Å². The van der Waals surface area contributed by atoms with E-state index >= 15 is 0 Å². The van der Waals surface area contributed by atoms with Gasteiger partial charge in [0, 0.05) is 17.6 Å². The highest BCUT2D eigenvalue weighted by atomic mass is 32.2. The number of Topliss-reactive ketones (excluding diaryl/α,β-unsaturated/α-hetero) is 1. The third kappa shape index (κ3) is 2.39. The van der Waals surface area contributed by atoms with Gasteiger partial charge in [0.15, 0.2) is 6.10 Å². The van der Waals surface area contributed by atoms with Crippen molar-refractivity contribution in [2.75, 3.05) is 6.26 Å². The third-order valence-corrected chi connectivity index (χ3v) is 6.49. The molecule has 1 saturated carbocycles. The van der Waals surface area contributed by atoms with Crippen molar-refractivity contribution >= 4 is 23.5 Å². The van der Waals surface area contributed by atoms with Crippen molar-refractivity contribution in [2.45, 2.75) is 52.4 Å². The van der Waals surface area contributed by atoms with E-state index in [4.69, 9.17) is 4.74 Å². The summed E-state index contributed by atoms with van der Waals surface area (Å²) in [5, 5.41) is 10.7. The van der Waals surface area contributed by atoms with Crippen LogP contribution in [0.4, 0.5) is 0 Å². The minimum Gasteiger partial charge on any atom is -0.511 e. The largest absolute Gasteiger partial charge is 0.511 e. The highest BCUT2D eigenvalue weighted by Gasteiger charge is 2.68. The SMILES string of the molecule is CSC(C)CC1OC(=O)/C(=C(/O)C2C(C)(C)C2(C)C)C1=O. The zero-order chi connectivity index (χ0) is 16.2. The Bertz CT molecular complexity index is 504. The molecular formula is C16H24O4S. The maximum Gasteiger partial charge on any atom is 0.346 e. The van der Waals surface area contributed by atoms with Crippen LogP contribution in [-0.2, 0) is 14.3 Å². The predicted molar refractivity (Wildman–Crippen MR) is 83.2 cm³/mol. The monoisotopic (exact) mass is 312 g/mol. The fraction of sp³-hybridized carbons (Fsp3) is 0.750. The molecule has 4 nitrogen and oxygen atoms in total. The molecule has 2 aliphatic rings. The lowest BCUT2D eigenvalue weighted by atomic mass is 10.0. The lowest BCUT2D eigenvalue weighted by molar-refractivity contribution is -0.141. The van der Waals surface area contributed by atoms with E-state index < -0.39 is 12.1 Å². The van der Waals surface area contributed by atoms with Crippen LogP contribution in [0.25, 0.3) is 0 Å². The Hall–Kier alpha value is -0.970. The van der Waals surface area contributed by atoms with Crippen LogP contribution < -0.4 is 0 Å². The molecule has 118 valence electrons. The first-order chi connectivity index (χ1) is 9.55. The van der Waals surface area contributed by atoms with Crippen LogP contribution in [0, 0.1) is 16.7 Å². The van der Waals surface area contributed by atoms with Crippen LogP contribution in [0.5, 0.6) is 0 Å². The highest BCUT2D eigenvalue weighted by Crippen LogP contribution is 2.71. The number of aliphatic hydroxyl groups is 1. The summed E-state index contributed by atoms with van der Waals surface area (Å²) in [6.45, 7) is 10.1. The van der Waals surface area contributed by atoms with E-state index in [2.05, 4.69) is 0 Å². The molecule has 1 heterocycles. The summed E-state index contributed by atoms with van der Waals surface area (Å²) in [6, 6.07) is 0. The first-order valence-corrected chi connectivity index (χ1v) is 8.55. The van der Waals surface area contributed by atoms with Crippen molar-refractivity contribution in [3.8, 4) is 0 Å². The summed E-state index contributed by atoms with van der Waals surface area (Å²) in [5.74, 6) is -1.29. The Morgan fingerprint density at radius 3 is 2.24 bits per heavy atom. The Morgan fingerprint density at radius 1 is 1.29 bits per heavy atom. The molecule has 0 aromatic rings. The molecule has 0 bridgehead atoms. The van der Waals surface area contributed by atoms with Crippen LogP contribution >= 0.6 is 11.8 Å². The molecule has 1 aliphatic heterocycles. The minimum atomic E-state index is -0.748. The summed E-state index contributed by atoms with van der Waals surface area (Å²) in [7, 11) is 0. The molecular weight excluding hydrogens is 288 g/mol. The van der Waals surface area contributed by atoms with Crippen molar-refractivity contribution in [1.82, 2.24) is 0 Å². The smallest absolute Gasteiger partial charge is 0.346 e. The Morgan fingerprint density at radius 2 is 1.81 bits per heavy atom. The molecule has 0 spiro atoms. The predicted octanol–water partition coefficient (Wildman–Crippen LogP) is 3.12. The number of thioether (sulfide) groups is 1. The topological polar surface area (TPSA) is 63.6 Å². The average molecular weight is 312 g/mol. The van der Waals surface area contributed by atoms with E-state index in [-0.39, 0.29) is 39.1 Å². The summed E-state index contributed by atoms with van der Waals surface area (Å²) >= 11 is 1.62. The number of esters is 1. The fourth-order valence-corrected chi connectivity index (χ4v) is 3.68. The Balaban J connectivity index is 2.27. The van der Waals surface area contributed by atoms with Gasteiger partial charge in [0.05, 0.1) is 0 Å². The number of ketones is 1. The lowest BCUT2D eigenvalue weighted by Gasteiger charge is -2.11. The van der Waals surface area contributed by atoms with Crippen molar-refractivity contribution in [3.05, 3.63) is 11.3 Å². The van der Waals surface area contributed by atoms with E-state index in [0.29, 0.717) is 6.42 Å². The van der Waals surface area contributed by atoms with Gasteiger partial charge in [-0.2, -0.15) is 11.8 Å². The lowest BCUT2D eigenvalue weighted by Crippen LogP contribution is -2.21. The second-order valence-electron chi connectivity index (χ2n) is 7.18. The van der Waals surface area contributed by atoms with E-state index in [1.54, 1.807) is 11.8 Å². The standard InChI is InChI=1S/C16H24O4S/c1-8(21-6)7-9-11(17)10(14(19)20-9)12(18)13-15(2,3)16(13,4)5/h8-9,13,18H,7H2,1-6H3/b12-10+. The van der Waals surface area contributed by atoms with Crippen molar-refractivity contribution in [3.63, 3.8) is 0 Å². The number of ether oxygens (including phenoxy) is 1. The Kier molecular flexibility index (Phi) is 3.94. The number of allylic oxidation sites excluding steroid dienone is 1. The molecule has 5 heteroatoms. The van der Waals surface area contributed by atoms with Crippen LogP contribution in [-0.4, -0.2) is 34.5 Å². The number of cyclic esters (lactones) is 1. The molecule has 0 amide bonds. The Labute approximate surface area is 130 Å². The van der Waals surface area contributed by atoms with Crippen LogP contribution in [0.2, 0.25) is 0 Å². The van der Waals surface area contributed by atoms with Gasteiger partial charge in [0.2, 0.25) is 5.78 Å². The van der Waals surface area contributed by atoms with Gasteiger partial charge in [-0.25, -0.2) is 4.79 Å². The van der Waals surface area contributed by atoms with Crippen molar-refractivity contribution < 1.29 is 19.4 Å². The molecule has 21 heavy (non-hydrogen) atoms. The molecule has 2 unspecified atom stereocenters. The minimum absolute atomic E-state index is 0.0840.